The van der Waals surface area contributed by atoms with Gasteiger partial charge in [-0.3, -0.25) is 23.9 Å². The van der Waals surface area contributed by atoms with E-state index in [0.29, 0.717) is 10.6 Å². The predicted octanol–water partition coefficient (Wildman–Crippen LogP) is 0.577. The van der Waals surface area contributed by atoms with Crippen molar-refractivity contribution in [3.05, 3.63) is 40.4 Å². The first-order valence-corrected chi connectivity index (χ1v) is 7.84. The highest BCUT2D eigenvalue weighted by Crippen LogP contribution is 2.35. The van der Waals surface area contributed by atoms with Crippen molar-refractivity contribution in [2.45, 2.75) is 0 Å². The number of fused-ring (bicyclic) bond motifs is 1. The number of carboxylic acids is 1. The summed E-state index contributed by atoms with van der Waals surface area (Å²) in [5.41, 5.74) is -0.359. The molecule has 0 spiro atoms. The second-order valence-electron chi connectivity index (χ2n) is 5.08. The van der Waals surface area contributed by atoms with Crippen LogP contribution >= 0.6 is 11.3 Å². The van der Waals surface area contributed by atoms with E-state index in [4.69, 9.17) is 5.11 Å². The van der Waals surface area contributed by atoms with Gasteiger partial charge in [0.2, 0.25) is 0 Å². The maximum atomic E-state index is 12.4. The van der Waals surface area contributed by atoms with Crippen molar-refractivity contribution < 1.29 is 19.8 Å². The summed E-state index contributed by atoms with van der Waals surface area (Å²) in [4.78, 5) is 43.4. The van der Waals surface area contributed by atoms with Gasteiger partial charge >= 0.3 is 5.97 Å². The SMILES string of the molecule is Cn1c(=O)c(C(=O)NCC(=O)O)c(O)c2sc(-c3cccnc3)nc21. The molecule has 0 unspecified atom stereocenters. The fraction of sp³-hybridized carbons (Fsp3) is 0.133. The van der Waals surface area contributed by atoms with Gasteiger partial charge in [-0.15, -0.1) is 11.3 Å². The highest BCUT2D eigenvalue weighted by molar-refractivity contribution is 7.22. The number of pyridine rings is 2. The number of rotatable bonds is 4. The van der Waals surface area contributed by atoms with Gasteiger partial charge in [-0.05, 0) is 12.1 Å². The Bertz CT molecular complexity index is 1040. The number of aromatic nitrogens is 3. The third kappa shape index (κ3) is 2.94. The van der Waals surface area contributed by atoms with Crippen LogP contribution in [0.25, 0.3) is 20.9 Å². The van der Waals surface area contributed by atoms with Crippen LogP contribution in [0.4, 0.5) is 0 Å². The third-order valence-electron chi connectivity index (χ3n) is 3.43. The van der Waals surface area contributed by atoms with Crippen LogP contribution in [0.1, 0.15) is 10.4 Å². The Morgan fingerprint density at radius 1 is 1.40 bits per heavy atom. The van der Waals surface area contributed by atoms with Crippen molar-refractivity contribution in [1.82, 2.24) is 19.9 Å². The van der Waals surface area contributed by atoms with Crippen LogP contribution in [0.5, 0.6) is 5.75 Å². The van der Waals surface area contributed by atoms with Crippen LogP contribution in [0.2, 0.25) is 0 Å². The van der Waals surface area contributed by atoms with Gasteiger partial charge in [0.05, 0.1) is 0 Å². The summed E-state index contributed by atoms with van der Waals surface area (Å²) in [5.74, 6) is -2.74. The second-order valence-corrected chi connectivity index (χ2v) is 6.08. The molecule has 0 aliphatic heterocycles. The molecule has 3 N–H and O–H groups in total. The lowest BCUT2D eigenvalue weighted by Gasteiger charge is -2.07. The lowest BCUT2D eigenvalue weighted by Crippen LogP contribution is -2.35. The molecule has 0 saturated heterocycles. The number of nitrogens with one attached hydrogen (secondary N) is 1. The van der Waals surface area contributed by atoms with Gasteiger partial charge in [-0.1, -0.05) is 0 Å². The number of carbonyl (C=O) groups excluding carboxylic acids is 1. The smallest absolute Gasteiger partial charge is 0.322 e. The van der Waals surface area contributed by atoms with Gasteiger partial charge in [-0.2, -0.15) is 0 Å². The third-order valence-corrected chi connectivity index (χ3v) is 4.53. The van der Waals surface area contributed by atoms with Crippen LogP contribution < -0.4 is 10.9 Å². The number of thiazole rings is 1. The number of carboxylic acid groups (broad SMARTS) is 1. The Morgan fingerprint density at radius 2 is 2.16 bits per heavy atom. The average Bonchev–Trinajstić information content (AvgIpc) is 3.05. The molecule has 0 saturated carbocycles. The molecule has 0 aromatic carbocycles. The summed E-state index contributed by atoms with van der Waals surface area (Å²) in [7, 11) is 1.42. The molecule has 3 aromatic rings. The molecule has 25 heavy (non-hydrogen) atoms. The lowest BCUT2D eigenvalue weighted by atomic mass is 10.2. The number of hydrogen-bond donors (Lipinski definition) is 3. The van der Waals surface area contributed by atoms with E-state index in [1.807, 2.05) is 0 Å². The molecule has 10 heteroatoms. The van der Waals surface area contributed by atoms with Crippen molar-refractivity contribution in [3.63, 3.8) is 0 Å². The molecule has 0 fully saturated rings. The highest BCUT2D eigenvalue weighted by atomic mass is 32.1. The maximum absolute atomic E-state index is 12.4. The number of carbonyl (C=O) groups is 2. The standard InChI is InChI=1S/C15H12N4O5S/c1-19-12-11(25-14(18-12)7-3-2-4-16-5-7)10(22)9(15(19)24)13(23)17-6-8(20)21/h2-5,22H,6H2,1H3,(H,17,23)(H,20,21). The molecular formula is C15H12N4O5S. The maximum Gasteiger partial charge on any atom is 0.322 e. The molecular weight excluding hydrogens is 348 g/mol. The van der Waals surface area contributed by atoms with E-state index >= 15 is 0 Å². The predicted molar refractivity (Wildman–Crippen MR) is 89.7 cm³/mol. The van der Waals surface area contributed by atoms with E-state index < -0.39 is 35.3 Å². The Hall–Kier alpha value is -3.27. The van der Waals surface area contributed by atoms with Crippen molar-refractivity contribution in [1.29, 1.82) is 0 Å². The first-order valence-electron chi connectivity index (χ1n) is 7.03. The quantitative estimate of drug-likeness (QED) is 0.619. The van der Waals surface area contributed by atoms with E-state index in [1.165, 1.54) is 7.05 Å². The van der Waals surface area contributed by atoms with Crippen LogP contribution in [0.3, 0.4) is 0 Å². The number of nitrogens with zero attached hydrogens (tertiary/aromatic N) is 3. The fourth-order valence-corrected chi connectivity index (χ4v) is 3.27. The van der Waals surface area contributed by atoms with Gasteiger partial charge in [0, 0.05) is 25.0 Å². The summed E-state index contributed by atoms with van der Waals surface area (Å²) in [5, 5.41) is 21.6. The van der Waals surface area contributed by atoms with Gasteiger partial charge in [-0.25, -0.2) is 4.98 Å². The van der Waals surface area contributed by atoms with Crippen molar-refractivity contribution in [3.8, 4) is 16.3 Å². The minimum atomic E-state index is -1.26. The lowest BCUT2D eigenvalue weighted by molar-refractivity contribution is -0.135. The average molecular weight is 360 g/mol. The summed E-state index contributed by atoms with van der Waals surface area (Å²) < 4.78 is 1.39. The van der Waals surface area contributed by atoms with E-state index in [9.17, 15) is 19.5 Å². The Morgan fingerprint density at radius 3 is 2.80 bits per heavy atom. The number of hydrogen-bond acceptors (Lipinski definition) is 7. The topological polar surface area (TPSA) is 134 Å². The molecule has 0 bridgehead atoms. The first-order chi connectivity index (χ1) is 11.9. The van der Waals surface area contributed by atoms with Crippen molar-refractivity contribution >= 4 is 33.6 Å². The summed E-state index contributed by atoms with van der Waals surface area (Å²) in [6.45, 7) is -0.664. The van der Waals surface area contributed by atoms with Crippen molar-refractivity contribution in [2.24, 2.45) is 7.05 Å². The van der Waals surface area contributed by atoms with Crippen LogP contribution in [-0.4, -0.2) is 43.2 Å². The monoisotopic (exact) mass is 360 g/mol. The Kier molecular flexibility index (Phi) is 4.19. The van der Waals surface area contributed by atoms with Gasteiger partial charge in [0.1, 0.15) is 21.8 Å². The van der Waals surface area contributed by atoms with E-state index in [-0.39, 0.29) is 10.3 Å². The molecule has 0 radical (unpaired) electrons. The summed E-state index contributed by atoms with van der Waals surface area (Å²) >= 11 is 1.10. The zero-order valence-corrected chi connectivity index (χ0v) is 13.7. The highest BCUT2D eigenvalue weighted by Gasteiger charge is 2.24. The minimum Gasteiger partial charge on any atom is -0.505 e. The fourth-order valence-electron chi connectivity index (χ4n) is 2.23. The summed E-state index contributed by atoms with van der Waals surface area (Å²) in [6.07, 6.45) is 3.20. The van der Waals surface area contributed by atoms with Crippen molar-refractivity contribution in [2.75, 3.05) is 6.54 Å². The molecule has 3 heterocycles. The Labute approximate surface area is 144 Å². The van der Waals surface area contributed by atoms with Gasteiger partial charge in [0.15, 0.2) is 11.4 Å². The first kappa shape index (κ1) is 16.6. The van der Waals surface area contributed by atoms with Gasteiger partial charge in [0.25, 0.3) is 11.5 Å². The van der Waals surface area contributed by atoms with E-state index in [1.54, 1.807) is 24.5 Å². The number of aryl methyl sites for hydroxylation is 1. The molecule has 128 valence electrons. The summed E-state index contributed by atoms with van der Waals surface area (Å²) in [6, 6.07) is 3.51. The zero-order chi connectivity index (χ0) is 18.1. The molecule has 1 amide bonds. The Balaban J connectivity index is 2.16. The molecule has 9 nitrogen and oxygen atoms in total. The second kappa shape index (κ2) is 6.32. The molecule has 0 atom stereocenters. The minimum absolute atomic E-state index is 0.223. The number of aromatic hydroxyl groups is 1. The van der Waals surface area contributed by atoms with E-state index in [0.717, 1.165) is 15.9 Å². The van der Waals surface area contributed by atoms with Crippen LogP contribution in [0.15, 0.2) is 29.3 Å². The molecule has 0 aliphatic carbocycles. The number of aliphatic carboxylic acids is 1. The van der Waals surface area contributed by atoms with Gasteiger partial charge < -0.3 is 15.5 Å². The largest absolute Gasteiger partial charge is 0.505 e. The molecule has 3 rings (SSSR count). The number of amides is 1. The molecule has 3 aromatic heterocycles. The zero-order valence-electron chi connectivity index (χ0n) is 12.9. The van der Waals surface area contributed by atoms with Crippen LogP contribution in [0, 0.1) is 0 Å². The normalized spacial score (nSPS) is 10.8. The van der Waals surface area contributed by atoms with E-state index in [2.05, 4.69) is 15.3 Å². The molecule has 0 aliphatic rings. The van der Waals surface area contributed by atoms with Crippen LogP contribution in [-0.2, 0) is 11.8 Å².